The molecule has 4 atom stereocenters. The fourth-order valence-electron chi connectivity index (χ4n) is 3.63. The summed E-state index contributed by atoms with van der Waals surface area (Å²) in [5.74, 6) is 0.910. The fraction of sp³-hybridized carbons (Fsp3) is 0.941. The molecule has 2 N–H and O–H groups in total. The van der Waals surface area contributed by atoms with E-state index in [2.05, 4.69) is 22.5 Å². The summed E-state index contributed by atoms with van der Waals surface area (Å²) in [5, 5.41) is 6.86. The number of nitrogens with one attached hydrogen (secondary N) is 2. The van der Waals surface area contributed by atoms with Crippen LogP contribution in [-0.2, 0) is 14.2 Å². The van der Waals surface area contributed by atoms with E-state index in [9.17, 15) is 0 Å². The predicted octanol–water partition coefficient (Wildman–Crippen LogP) is 1.45. The van der Waals surface area contributed by atoms with E-state index >= 15 is 0 Å². The van der Waals surface area contributed by atoms with Crippen molar-refractivity contribution >= 4 is 5.96 Å². The van der Waals surface area contributed by atoms with Crippen LogP contribution < -0.4 is 10.6 Å². The Morgan fingerprint density at radius 3 is 2.96 bits per heavy atom. The maximum atomic E-state index is 5.89. The van der Waals surface area contributed by atoms with Gasteiger partial charge in [0, 0.05) is 26.3 Å². The molecule has 0 aliphatic carbocycles. The Hall–Kier alpha value is -0.850. The van der Waals surface area contributed by atoms with E-state index in [-0.39, 0.29) is 0 Å². The zero-order valence-electron chi connectivity index (χ0n) is 14.3. The molecule has 23 heavy (non-hydrogen) atoms. The van der Waals surface area contributed by atoms with Gasteiger partial charge in [-0.1, -0.05) is 0 Å². The van der Waals surface area contributed by atoms with Crippen LogP contribution >= 0.6 is 0 Å². The van der Waals surface area contributed by atoms with Gasteiger partial charge in [-0.2, -0.15) is 0 Å². The van der Waals surface area contributed by atoms with Gasteiger partial charge in [0.2, 0.25) is 0 Å². The molecule has 3 saturated heterocycles. The largest absolute Gasteiger partial charge is 0.379 e. The van der Waals surface area contributed by atoms with E-state index < -0.39 is 0 Å². The number of fused-ring (bicyclic) bond motifs is 2. The molecule has 6 heteroatoms. The van der Waals surface area contributed by atoms with E-state index in [0.29, 0.717) is 24.4 Å². The van der Waals surface area contributed by atoms with Crippen LogP contribution in [0.5, 0.6) is 0 Å². The normalized spacial score (nSPS) is 33.3. The van der Waals surface area contributed by atoms with Crippen LogP contribution in [0.25, 0.3) is 0 Å². The number of hydrogen-bond acceptors (Lipinski definition) is 4. The molecule has 3 aliphatic rings. The third kappa shape index (κ3) is 5.06. The second-order valence-electron chi connectivity index (χ2n) is 6.68. The first-order chi connectivity index (χ1) is 11.3. The first-order valence-corrected chi connectivity index (χ1v) is 9.25. The first-order valence-electron chi connectivity index (χ1n) is 9.25. The molecule has 6 nitrogen and oxygen atoms in total. The van der Waals surface area contributed by atoms with Gasteiger partial charge >= 0.3 is 0 Å². The molecule has 0 aromatic carbocycles. The fourth-order valence-corrected chi connectivity index (χ4v) is 3.63. The lowest BCUT2D eigenvalue weighted by Gasteiger charge is -2.22. The summed E-state index contributed by atoms with van der Waals surface area (Å²) in [6.45, 7) is 6.12. The highest BCUT2D eigenvalue weighted by atomic mass is 16.5. The number of nitrogens with zero attached hydrogens (tertiary/aromatic N) is 1. The summed E-state index contributed by atoms with van der Waals surface area (Å²) in [6.07, 6.45) is 7.91. The Morgan fingerprint density at radius 1 is 1.30 bits per heavy atom. The Kier molecular flexibility index (Phi) is 6.54. The van der Waals surface area contributed by atoms with Crippen LogP contribution in [0, 0.1) is 0 Å². The molecule has 132 valence electrons. The van der Waals surface area contributed by atoms with Crippen molar-refractivity contribution in [3.63, 3.8) is 0 Å². The van der Waals surface area contributed by atoms with Gasteiger partial charge < -0.3 is 24.8 Å². The van der Waals surface area contributed by atoms with Crippen molar-refractivity contribution in [1.82, 2.24) is 10.6 Å². The lowest BCUT2D eigenvalue weighted by molar-refractivity contribution is 0.0171. The minimum Gasteiger partial charge on any atom is -0.379 e. The topological polar surface area (TPSA) is 64.1 Å². The van der Waals surface area contributed by atoms with Crippen LogP contribution in [-0.4, -0.2) is 63.2 Å². The highest BCUT2D eigenvalue weighted by Gasteiger charge is 2.41. The highest BCUT2D eigenvalue weighted by molar-refractivity contribution is 5.80. The Morgan fingerprint density at radius 2 is 2.26 bits per heavy atom. The smallest absolute Gasteiger partial charge is 0.191 e. The first kappa shape index (κ1) is 17.0. The van der Waals surface area contributed by atoms with Gasteiger partial charge in [0.25, 0.3) is 0 Å². The van der Waals surface area contributed by atoms with Gasteiger partial charge in [0.1, 0.15) is 0 Å². The molecule has 0 amide bonds. The average molecular weight is 325 g/mol. The minimum atomic E-state index is 0.315. The van der Waals surface area contributed by atoms with E-state index in [4.69, 9.17) is 14.2 Å². The van der Waals surface area contributed by atoms with Gasteiger partial charge in [-0.05, 0) is 45.4 Å². The molecular weight excluding hydrogens is 294 g/mol. The summed E-state index contributed by atoms with van der Waals surface area (Å²) < 4.78 is 17.1. The van der Waals surface area contributed by atoms with Crippen molar-refractivity contribution in [2.45, 2.75) is 69.8 Å². The molecule has 0 aromatic rings. The molecule has 0 spiro atoms. The molecule has 2 bridgehead atoms. The van der Waals surface area contributed by atoms with Crippen molar-refractivity contribution < 1.29 is 14.2 Å². The molecular formula is C17H31N3O3. The highest BCUT2D eigenvalue weighted by Crippen LogP contribution is 2.34. The second kappa shape index (κ2) is 8.85. The predicted molar refractivity (Wildman–Crippen MR) is 89.8 cm³/mol. The van der Waals surface area contributed by atoms with E-state index in [1.165, 1.54) is 19.3 Å². The lowest BCUT2D eigenvalue weighted by atomic mass is 9.96. The van der Waals surface area contributed by atoms with Crippen molar-refractivity contribution in [2.24, 2.45) is 4.99 Å². The number of guanidine groups is 1. The SMILES string of the molecule is CCNC(=NCCCOCC1CCCO1)NC1CC2CCC1O2. The summed E-state index contributed by atoms with van der Waals surface area (Å²) in [6, 6.07) is 0.419. The molecule has 3 fully saturated rings. The molecule has 0 saturated carbocycles. The Bertz CT molecular complexity index is 385. The van der Waals surface area contributed by atoms with Crippen LogP contribution in [0.15, 0.2) is 4.99 Å². The zero-order valence-corrected chi connectivity index (χ0v) is 14.3. The number of ether oxygens (including phenoxy) is 3. The van der Waals surface area contributed by atoms with Crippen molar-refractivity contribution in [2.75, 3.05) is 32.9 Å². The Balaban J connectivity index is 1.31. The van der Waals surface area contributed by atoms with Crippen LogP contribution in [0.4, 0.5) is 0 Å². The minimum absolute atomic E-state index is 0.315. The van der Waals surface area contributed by atoms with E-state index in [0.717, 1.165) is 58.1 Å². The molecule has 3 aliphatic heterocycles. The Labute approximate surface area is 139 Å². The molecule has 3 heterocycles. The van der Waals surface area contributed by atoms with E-state index in [1.54, 1.807) is 0 Å². The third-order valence-electron chi connectivity index (χ3n) is 4.82. The quantitative estimate of drug-likeness (QED) is 0.402. The van der Waals surface area contributed by atoms with Gasteiger partial charge in [0.05, 0.1) is 31.0 Å². The molecule has 0 aromatic heterocycles. The third-order valence-corrected chi connectivity index (χ3v) is 4.82. The van der Waals surface area contributed by atoms with Gasteiger partial charge in [-0.25, -0.2) is 0 Å². The van der Waals surface area contributed by atoms with Gasteiger partial charge in [0.15, 0.2) is 5.96 Å². The van der Waals surface area contributed by atoms with E-state index in [1.807, 2.05) is 0 Å². The monoisotopic (exact) mass is 325 g/mol. The van der Waals surface area contributed by atoms with Crippen LogP contribution in [0.2, 0.25) is 0 Å². The van der Waals surface area contributed by atoms with Crippen molar-refractivity contribution in [1.29, 1.82) is 0 Å². The number of rotatable bonds is 8. The summed E-state index contributed by atoms with van der Waals surface area (Å²) in [4.78, 5) is 4.66. The van der Waals surface area contributed by atoms with Crippen molar-refractivity contribution in [3.8, 4) is 0 Å². The summed E-state index contributed by atoms with van der Waals surface area (Å²) in [5.41, 5.74) is 0. The maximum Gasteiger partial charge on any atom is 0.191 e. The zero-order chi connectivity index (χ0) is 15.9. The lowest BCUT2D eigenvalue weighted by Crippen LogP contribution is -2.47. The van der Waals surface area contributed by atoms with Gasteiger partial charge in [-0.3, -0.25) is 4.99 Å². The second-order valence-corrected chi connectivity index (χ2v) is 6.68. The summed E-state index contributed by atoms with van der Waals surface area (Å²) in [7, 11) is 0. The summed E-state index contributed by atoms with van der Waals surface area (Å²) >= 11 is 0. The average Bonchev–Trinajstić information content (AvgIpc) is 3.28. The standard InChI is InChI=1S/C17H31N3O3/c1-2-18-17(20-15-11-13-6-7-16(15)23-13)19-8-4-9-21-12-14-5-3-10-22-14/h13-16H,2-12H2,1H3,(H2,18,19,20). The van der Waals surface area contributed by atoms with Crippen LogP contribution in [0.3, 0.4) is 0 Å². The number of aliphatic imine (C=N–C) groups is 1. The van der Waals surface area contributed by atoms with Crippen molar-refractivity contribution in [3.05, 3.63) is 0 Å². The molecule has 0 radical (unpaired) electrons. The van der Waals surface area contributed by atoms with Gasteiger partial charge in [-0.15, -0.1) is 0 Å². The maximum absolute atomic E-state index is 5.89. The van der Waals surface area contributed by atoms with Crippen LogP contribution in [0.1, 0.15) is 45.4 Å². The molecule has 3 rings (SSSR count). The number of hydrogen-bond donors (Lipinski definition) is 2. The molecule has 4 unspecified atom stereocenters.